The molecule has 0 radical (unpaired) electrons. The number of hydrogen-bond donors (Lipinski definition) is 0. The molecule has 7 nitrogen and oxygen atoms in total. The van der Waals surface area contributed by atoms with Crippen molar-refractivity contribution in [1.82, 2.24) is 20.0 Å². The van der Waals surface area contributed by atoms with Crippen molar-refractivity contribution in [2.24, 2.45) is 5.92 Å². The van der Waals surface area contributed by atoms with Crippen molar-refractivity contribution >= 4 is 17.6 Å². The summed E-state index contributed by atoms with van der Waals surface area (Å²) in [7, 11) is 0. The van der Waals surface area contributed by atoms with E-state index in [4.69, 9.17) is 0 Å². The van der Waals surface area contributed by atoms with Crippen LogP contribution in [0.2, 0.25) is 0 Å². The molecule has 2 aliphatic rings. The summed E-state index contributed by atoms with van der Waals surface area (Å²) in [5.41, 5.74) is 1.49. The number of amides is 2. The van der Waals surface area contributed by atoms with E-state index in [1.165, 1.54) is 12.1 Å². The quantitative estimate of drug-likeness (QED) is 0.623. The summed E-state index contributed by atoms with van der Waals surface area (Å²) in [6, 6.07) is 9.91. The Morgan fingerprint density at radius 1 is 1.06 bits per heavy atom. The van der Waals surface area contributed by atoms with Gasteiger partial charge in [0.1, 0.15) is 12.4 Å². The van der Waals surface area contributed by atoms with Gasteiger partial charge in [0, 0.05) is 44.2 Å². The maximum atomic E-state index is 13.1. The minimum Gasteiger partial charge on any atom is -0.352 e. The molecule has 0 N–H and O–H groups in total. The number of carbonyl (C=O) groups excluding carboxylic acids is 2. The minimum absolute atomic E-state index is 0.0306. The lowest BCUT2D eigenvalue weighted by Gasteiger charge is -2.37. The van der Waals surface area contributed by atoms with Crippen LogP contribution in [0.1, 0.15) is 19.3 Å². The van der Waals surface area contributed by atoms with Crippen molar-refractivity contribution in [3.63, 3.8) is 0 Å². The summed E-state index contributed by atoms with van der Waals surface area (Å²) in [6.07, 6.45) is 4.60. The molecule has 2 amide bonds. The Kier molecular flexibility index (Phi) is 6.78. The first kappa shape index (κ1) is 21.9. The maximum Gasteiger partial charge on any atom is 0.242 e. The van der Waals surface area contributed by atoms with Crippen LogP contribution in [0.4, 0.5) is 10.2 Å². The molecule has 1 saturated heterocycles. The number of carbonyl (C=O) groups is 2. The molecule has 4 rings (SSSR count). The molecule has 1 aliphatic carbocycles. The van der Waals surface area contributed by atoms with E-state index in [1.54, 1.807) is 28.0 Å². The van der Waals surface area contributed by atoms with Crippen LogP contribution < -0.4 is 4.90 Å². The van der Waals surface area contributed by atoms with Gasteiger partial charge >= 0.3 is 0 Å². The van der Waals surface area contributed by atoms with Gasteiger partial charge in [-0.15, -0.1) is 16.8 Å². The molecule has 0 bridgehead atoms. The number of benzene rings is 1. The van der Waals surface area contributed by atoms with Gasteiger partial charge in [0.2, 0.25) is 11.8 Å². The average Bonchev–Trinajstić information content (AvgIpc) is 2.78. The summed E-state index contributed by atoms with van der Waals surface area (Å²) in [5, 5.41) is 8.59. The molecule has 0 unspecified atom stereocenters. The second-order valence-corrected chi connectivity index (χ2v) is 8.29. The second-order valence-electron chi connectivity index (χ2n) is 8.29. The standard InChI is InChI=1S/C24H28FN5O2/c1-2-12-30(24(32)19-4-3-5-19)17-23(31)29-15-13-28(14-16-29)22-11-10-21(26-27-22)18-6-8-20(25)9-7-18/h2,6-11,19H,1,3-5,12-17H2. The number of aromatic nitrogens is 2. The number of nitrogens with zero attached hydrogens (tertiary/aromatic N) is 5. The molecule has 168 valence electrons. The molecule has 2 fully saturated rings. The smallest absolute Gasteiger partial charge is 0.242 e. The van der Waals surface area contributed by atoms with Crippen molar-refractivity contribution in [3.05, 3.63) is 54.9 Å². The monoisotopic (exact) mass is 437 g/mol. The van der Waals surface area contributed by atoms with Crippen LogP contribution in [-0.4, -0.2) is 71.1 Å². The molecule has 0 atom stereocenters. The van der Waals surface area contributed by atoms with Crippen LogP contribution >= 0.6 is 0 Å². The molecule has 8 heteroatoms. The number of anilines is 1. The molecule has 1 aliphatic heterocycles. The Balaban J connectivity index is 1.31. The fourth-order valence-electron chi connectivity index (χ4n) is 4.02. The van der Waals surface area contributed by atoms with E-state index in [2.05, 4.69) is 21.7 Å². The van der Waals surface area contributed by atoms with Gasteiger partial charge in [0.15, 0.2) is 5.82 Å². The third-order valence-corrected chi connectivity index (χ3v) is 6.19. The molecular formula is C24H28FN5O2. The topological polar surface area (TPSA) is 69.6 Å². The van der Waals surface area contributed by atoms with E-state index < -0.39 is 0 Å². The van der Waals surface area contributed by atoms with Crippen LogP contribution in [0.15, 0.2) is 49.1 Å². The zero-order valence-corrected chi connectivity index (χ0v) is 18.1. The number of hydrogen-bond acceptors (Lipinski definition) is 5. The summed E-state index contributed by atoms with van der Waals surface area (Å²) in [5.74, 6) is 0.565. The first-order valence-corrected chi connectivity index (χ1v) is 11.1. The third kappa shape index (κ3) is 4.95. The van der Waals surface area contributed by atoms with Crippen molar-refractivity contribution in [2.45, 2.75) is 19.3 Å². The first-order valence-electron chi connectivity index (χ1n) is 11.1. The third-order valence-electron chi connectivity index (χ3n) is 6.19. The Labute approximate surface area is 187 Å². The highest BCUT2D eigenvalue weighted by Gasteiger charge is 2.31. The molecule has 1 aromatic heterocycles. The van der Waals surface area contributed by atoms with Gasteiger partial charge in [0.25, 0.3) is 0 Å². The van der Waals surface area contributed by atoms with E-state index in [0.29, 0.717) is 38.4 Å². The largest absolute Gasteiger partial charge is 0.352 e. The molecule has 32 heavy (non-hydrogen) atoms. The summed E-state index contributed by atoms with van der Waals surface area (Å²) in [4.78, 5) is 30.9. The van der Waals surface area contributed by atoms with E-state index in [1.807, 2.05) is 12.1 Å². The molecule has 2 heterocycles. The zero-order chi connectivity index (χ0) is 22.5. The minimum atomic E-state index is -0.286. The Bertz CT molecular complexity index is 951. The lowest BCUT2D eigenvalue weighted by molar-refractivity contribution is -0.144. The predicted molar refractivity (Wildman–Crippen MR) is 120 cm³/mol. The number of piperazine rings is 1. The normalized spacial score (nSPS) is 16.4. The molecule has 1 saturated carbocycles. The van der Waals surface area contributed by atoms with E-state index in [-0.39, 0.29) is 30.1 Å². The fourth-order valence-corrected chi connectivity index (χ4v) is 4.02. The van der Waals surface area contributed by atoms with E-state index >= 15 is 0 Å². The number of rotatable bonds is 7. The Hall–Kier alpha value is -3.29. The van der Waals surface area contributed by atoms with Gasteiger partial charge in [-0.2, -0.15) is 0 Å². The van der Waals surface area contributed by atoms with Gasteiger partial charge < -0.3 is 14.7 Å². The molecular weight excluding hydrogens is 409 g/mol. The summed E-state index contributed by atoms with van der Waals surface area (Å²) in [6.45, 7) is 6.66. The molecule has 1 aromatic carbocycles. The lowest BCUT2D eigenvalue weighted by Crippen LogP contribution is -2.52. The fraction of sp³-hybridized carbons (Fsp3) is 0.417. The van der Waals surface area contributed by atoms with Crippen LogP contribution in [0.5, 0.6) is 0 Å². The summed E-state index contributed by atoms with van der Waals surface area (Å²) >= 11 is 0. The van der Waals surface area contributed by atoms with Crippen LogP contribution in [0, 0.1) is 11.7 Å². The first-order chi connectivity index (χ1) is 15.5. The maximum absolute atomic E-state index is 13.1. The van der Waals surface area contributed by atoms with Gasteiger partial charge in [0.05, 0.1) is 5.69 Å². The van der Waals surface area contributed by atoms with Crippen LogP contribution in [-0.2, 0) is 9.59 Å². The van der Waals surface area contributed by atoms with Crippen molar-refractivity contribution in [3.8, 4) is 11.3 Å². The van der Waals surface area contributed by atoms with Gasteiger partial charge in [-0.3, -0.25) is 9.59 Å². The van der Waals surface area contributed by atoms with E-state index in [9.17, 15) is 14.0 Å². The Morgan fingerprint density at radius 2 is 1.78 bits per heavy atom. The van der Waals surface area contributed by atoms with Crippen molar-refractivity contribution in [2.75, 3.05) is 44.2 Å². The van der Waals surface area contributed by atoms with Gasteiger partial charge in [-0.1, -0.05) is 12.5 Å². The molecule has 0 spiro atoms. The van der Waals surface area contributed by atoms with E-state index in [0.717, 1.165) is 30.6 Å². The number of halogens is 1. The second kappa shape index (κ2) is 9.89. The Morgan fingerprint density at radius 3 is 2.34 bits per heavy atom. The van der Waals surface area contributed by atoms with Crippen LogP contribution in [0.3, 0.4) is 0 Å². The lowest BCUT2D eigenvalue weighted by atomic mass is 9.84. The van der Waals surface area contributed by atoms with Gasteiger partial charge in [-0.25, -0.2) is 4.39 Å². The highest BCUT2D eigenvalue weighted by molar-refractivity contribution is 5.86. The summed E-state index contributed by atoms with van der Waals surface area (Å²) < 4.78 is 13.1. The molecule has 2 aromatic rings. The highest BCUT2D eigenvalue weighted by atomic mass is 19.1. The average molecular weight is 438 g/mol. The SMILES string of the molecule is C=CCN(CC(=O)N1CCN(c2ccc(-c3ccc(F)cc3)nn2)CC1)C(=O)C1CCC1. The highest BCUT2D eigenvalue weighted by Crippen LogP contribution is 2.28. The van der Waals surface area contributed by atoms with Gasteiger partial charge in [-0.05, 0) is 49.2 Å². The zero-order valence-electron chi connectivity index (χ0n) is 18.1. The predicted octanol–water partition coefficient (Wildman–Crippen LogP) is 2.75. The van der Waals surface area contributed by atoms with Crippen molar-refractivity contribution < 1.29 is 14.0 Å². The van der Waals surface area contributed by atoms with Crippen molar-refractivity contribution in [1.29, 1.82) is 0 Å². The van der Waals surface area contributed by atoms with Crippen LogP contribution in [0.25, 0.3) is 11.3 Å².